The summed E-state index contributed by atoms with van der Waals surface area (Å²) in [6, 6.07) is 9.07. The van der Waals surface area contributed by atoms with Crippen LogP contribution in [0.15, 0.2) is 24.3 Å². The fraction of sp³-hybridized carbons (Fsp3) is 0.625. The van der Waals surface area contributed by atoms with Crippen LogP contribution in [0.1, 0.15) is 50.6 Å². The lowest BCUT2D eigenvalue weighted by atomic mass is 9.92. The Hall–Kier alpha value is -1.02. The molecular weight excluding hydrogens is 222 g/mol. The van der Waals surface area contributed by atoms with Crippen molar-refractivity contribution in [1.82, 2.24) is 5.32 Å². The maximum absolute atomic E-state index is 5.73. The van der Waals surface area contributed by atoms with Gasteiger partial charge in [-0.05, 0) is 49.9 Å². The van der Waals surface area contributed by atoms with Crippen molar-refractivity contribution < 1.29 is 4.74 Å². The molecule has 0 aromatic heterocycles. The predicted molar refractivity (Wildman–Crippen MR) is 76.0 cm³/mol. The number of nitrogens with one attached hydrogen (secondary N) is 1. The minimum Gasteiger partial charge on any atom is -0.494 e. The molecular formula is C16H25NO. The maximum atomic E-state index is 5.73. The normalized spacial score (nSPS) is 17.9. The topological polar surface area (TPSA) is 21.3 Å². The van der Waals surface area contributed by atoms with Gasteiger partial charge in [0.2, 0.25) is 0 Å². The van der Waals surface area contributed by atoms with Gasteiger partial charge in [-0.3, -0.25) is 0 Å². The second kappa shape index (κ2) is 6.79. The molecule has 0 aliphatic heterocycles. The molecule has 1 aromatic carbocycles. The van der Waals surface area contributed by atoms with E-state index in [9.17, 15) is 0 Å². The van der Waals surface area contributed by atoms with Crippen LogP contribution in [0.5, 0.6) is 5.75 Å². The number of benzene rings is 1. The quantitative estimate of drug-likeness (QED) is 0.822. The molecule has 2 nitrogen and oxygen atoms in total. The fourth-order valence-electron chi connectivity index (χ4n) is 2.98. The molecule has 1 aliphatic rings. The van der Waals surface area contributed by atoms with E-state index in [-0.39, 0.29) is 0 Å². The van der Waals surface area contributed by atoms with E-state index >= 15 is 0 Å². The van der Waals surface area contributed by atoms with Crippen molar-refractivity contribution in [2.24, 2.45) is 5.92 Å². The standard InChI is InChI=1S/C16H25NO/c1-3-11-18-15-10-6-9-14(12-15)16(17-2)13-7-4-5-8-13/h6,9-10,12-13,16-17H,3-5,7-8,11H2,1-2H3. The highest BCUT2D eigenvalue weighted by molar-refractivity contribution is 5.31. The summed E-state index contributed by atoms with van der Waals surface area (Å²) in [6.07, 6.45) is 6.53. The first kappa shape index (κ1) is 13.4. The number of ether oxygens (including phenoxy) is 1. The second-order valence-electron chi connectivity index (χ2n) is 5.23. The van der Waals surface area contributed by atoms with Gasteiger partial charge >= 0.3 is 0 Å². The summed E-state index contributed by atoms with van der Waals surface area (Å²) >= 11 is 0. The summed E-state index contributed by atoms with van der Waals surface area (Å²) in [6.45, 7) is 2.94. The molecule has 1 aromatic rings. The van der Waals surface area contributed by atoms with Crippen LogP contribution in [0.25, 0.3) is 0 Å². The first-order valence-corrected chi connectivity index (χ1v) is 7.25. The Morgan fingerprint density at radius 1 is 1.33 bits per heavy atom. The average Bonchev–Trinajstić information content (AvgIpc) is 2.92. The highest BCUT2D eigenvalue weighted by atomic mass is 16.5. The van der Waals surface area contributed by atoms with E-state index in [1.165, 1.54) is 31.2 Å². The van der Waals surface area contributed by atoms with Gasteiger partial charge in [-0.15, -0.1) is 0 Å². The van der Waals surface area contributed by atoms with Gasteiger partial charge < -0.3 is 10.1 Å². The fourth-order valence-corrected chi connectivity index (χ4v) is 2.98. The zero-order chi connectivity index (χ0) is 12.8. The monoisotopic (exact) mass is 247 g/mol. The summed E-state index contributed by atoms with van der Waals surface area (Å²) in [5.41, 5.74) is 1.37. The van der Waals surface area contributed by atoms with E-state index in [0.29, 0.717) is 6.04 Å². The van der Waals surface area contributed by atoms with E-state index in [1.54, 1.807) is 0 Å². The Morgan fingerprint density at radius 2 is 2.11 bits per heavy atom. The third kappa shape index (κ3) is 3.26. The molecule has 0 amide bonds. The van der Waals surface area contributed by atoms with Crippen LogP contribution in [0.2, 0.25) is 0 Å². The molecule has 1 unspecified atom stereocenters. The van der Waals surface area contributed by atoms with Crippen LogP contribution in [0.4, 0.5) is 0 Å². The van der Waals surface area contributed by atoms with Crippen molar-refractivity contribution in [3.63, 3.8) is 0 Å². The molecule has 2 heteroatoms. The highest BCUT2D eigenvalue weighted by Crippen LogP contribution is 2.36. The van der Waals surface area contributed by atoms with Crippen LogP contribution in [-0.4, -0.2) is 13.7 Å². The molecule has 0 bridgehead atoms. The van der Waals surface area contributed by atoms with Gasteiger partial charge in [-0.2, -0.15) is 0 Å². The van der Waals surface area contributed by atoms with Crippen molar-refractivity contribution in [3.8, 4) is 5.75 Å². The van der Waals surface area contributed by atoms with Gasteiger partial charge in [-0.1, -0.05) is 31.9 Å². The Balaban J connectivity index is 2.09. The minimum absolute atomic E-state index is 0.484. The van der Waals surface area contributed by atoms with Crippen molar-refractivity contribution in [3.05, 3.63) is 29.8 Å². The summed E-state index contributed by atoms with van der Waals surface area (Å²) < 4.78 is 5.73. The molecule has 18 heavy (non-hydrogen) atoms. The van der Waals surface area contributed by atoms with Gasteiger partial charge in [-0.25, -0.2) is 0 Å². The van der Waals surface area contributed by atoms with Crippen molar-refractivity contribution in [2.45, 2.75) is 45.1 Å². The Morgan fingerprint density at radius 3 is 2.78 bits per heavy atom. The zero-order valence-corrected chi connectivity index (χ0v) is 11.6. The van der Waals surface area contributed by atoms with Gasteiger partial charge in [0, 0.05) is 6.04 Å². The van der Waals surface area contributed by atoms with Crippen LogP contribution in [0.3, 0.4) is 0 Å². The highest BCUT2D eigenvalue weighted by Gasteiger charge is 2.25. The van der Waals surface area contributed by atoms with Crippen LogP contribution < -0.4 is 10.1 Å². The van der Waals surface area contributed by atoms with Gasteiger partial charge in [0.15, 0.2) is 0 Å². The van der Waals surface area contributed by atoms with Gasteiger partial charge in [0.05, 0.1) is 6.61 Å². The van der Waals surface area contributed by atoms with E-state index in [0.717, 1.165) is 24.7 Å². The Bertz CT molecular complexity index is 358. The van der Waals surface area contributed by atoms with Crippen LogP contribution in [-0.2, 0) is 0 Å². The Kier molecular flexibility index (Phi) is 5.06. The summed E-state index contributed by atoms with van der Waals surface area (Å²) in [7, 11) is 2.07. The lowest BCUT2D eigenvalue weighted by molar-refractivity contribution is 0.315. The van der Waals surface area contributed by atoms with E-state index in [4.69, 9.17) is 4.74 Å². The smallest absolute Gasteiger partial charge is 0.119 e. The molecule has 1 aliphatic carbocycles. The second-order valence-corrected chi connectivity index (χ2v) is 5.23. The summed E-state index contributed by atoms with van der Waals surface area (Å²) in [5, 5.41) is 3.49. The third-order valence-corrected chi connectivity index (χ3v) is 3.87. The lowest BCUT2D eigenvalue weighted by Crippen LogP contribution is -2.23. The summed E-state index contributed by atoms with van der Waals surface area (Å²) in [4.78, 5) is 0. The van der Waals surface area contributed by atoms with Crippen molar-refractivity contribution >= 4 is 0 Å². The molecule has 0 heterocycles. The average molecular weight is 247 g/mol. The molecule has 2 rings (SSSR count). The largest absolute Gasteiger partial charge is 0.494 e. The Labute approximate surface area is 111 Å². The lowest BCUT2D eigenvalue weighted by Gasteiger charge is -2.23. The molecule has 0 saturated heterocycles. The molecule has 1 saturated carbocycles. The summed E-state index contributed by atoms with van der Waals surface area (Å²) in [5.74, 6) is 1.80. The molecule has 1 fully saturated rings. The van der Waals surface area contributed by atoms with E-state index in [2.05, 4.69) is 43.6 Å². The molecule has 1 atom stereocenters. The molecule has 1 N–H and O–H groups in total. The van der Waals surface area contributed by atoms with E-state index in [1.807, 2.05) is 0 Å². The minimum atomic E-state index is 0.484. The molecule has 100 valence electrons. The first-order valence-electron chi connectivity index (χ1n) is 7.25. The van der Waals surface area contributed by atoms with Gasteiger partial charge in [0.25, 0.3) is 0 Å². The number of hydrogen-bond acceptors (Lipinski definition) is 2. The van der Waals surface area contributed by atoms with Crippen LogP contribution in [0, 0.1) is 5.92 Å². The predicted octanol–water partition coefficient (Wildman–Crippen LogP) is 3.93. The SMILES string of the molecule is CCCOc1cccc(C(NC)C2CCCC2)c1. The van der Waals surface area contributed by atoms with E-state index < -0.39 is 0 Å². The van der Waals surface area contributed by atoms with Crippen molar-refractivity contribution in [2.75, 3.05) is 13.7 Å². The molecule has 0 spiro atoms. The van der Waals surface area contributed by atoms with Gasteiger partial charge in [0.1, 0.15) is 5.75 Å². The first-order chi connectivity index (χ1) is 8.85. The number of rotatable bonds is 6. The third-order valence-electron chi connectivity index (χ3n) is 3.87. The maximum Gasteiger partial charge on any atom is 0.119 e. The van der Waals surface area contributed by atoms with Crippen molar-refractivity contribution in [1.29, 1.82) is 0 Å². The molecule has 0 radical (unpaired) electrons. The van der Waals surface area contributed by atoms with Crippen LogP contribution >= 0.6 is 0 Å². The number of hydrogen-bond donors (Lipinski definition) is 1. The zero-order valence-electron chi connectivity index (χ0n) is 11.6.